The highest BCUT2D eigenvalue weighted by Crippen LogP contribution is 2.17. The highest BCUT2D eigenvalue weighted by Gasteiger charge is 2.17. The van der Waals surface area contributed by atoms with Gasteiger partial charge in [0, 0.05) is 19.5 Å². The minimum absolute atomic E-state index is 0.0733. The van der Waals surface area contributed by atoms with Crippen LogP contribution in [-0.4, -0.2) is 34.8 Å². The number of halogens is 1. The first-order chi connectivity index (χ1) is 11.6. The van der Waals surface area contributed by atoms with Gasteiger partial charge in [0.1, 0.15) is 12.1 Å². The zero-order chi connectivity index (χ0) is 17.7. The topological polar surface area (TPSA) is 124 Å². The Balaban J connectivity index is 2.97. The number of nitrogens with zero attached hydrogens (tertiary/aromatic N) is 5. The number of carbonyl (C=O) groups is 2. The maximum absolute atomic E-state index is 12.1. The Morgan fingerprint density at radius 2 is 2.08 bits per heavy atom. The molecule has 9 heteroatoms. The summed E-state index contributed by atoms with van der Waals surface area (Å²) in [5.41, 5.74) is 1.29. The molecular weight excluding hydrogens is 332 g/mol. The summed E-state index contributed by atoms with van der Waals surface area (Å²) >= 11 is 5.83. The molecule has 0 saturated carbocycles. The summed E-state index contributed by atoms with van der Waals surface area (Å²) in [7, 11) is 1.47. The maximum Gasteiger partial charge on any atom is 0.280 e. The van der Waals surface area contributed by atoms with Crippen LogP contribution in [0.4, 0.5) is 0 Å². The fourth-order valence-electron chi connectivity index (χ4n) is 2.29. The molecule has 1 aromatic heterocycles. The molecule has 1 N–H and O–H groups in total. The van der Waals surface area contributed by atoms with E-state index in [9.17, 15) is 14.9 Å². The number of hydrogen-bond donors (Lipinski definition) is 1. The number of imide groups is 1. The molecule has 8 nitrogen and oxygen atoms in total. The van der Waals surface area contributed by atoms with Crippen molar-refractivity contribution in [3.63, 3.8) is 0 Å². The smallest absolute Gasteiger partial charge is 0.280 e. The van der Waals surface area contributed by atoms with Gasteiger partial charge in [-0.3, -0.25) is 19.9 Å². The van der Waals surface area contributed by atoms with E-state index in [2.05, 4.69) is 9.98 Å². The molecular formula is C15H11ClN6O2. The number of fused-ring (bicyclic) bond motifs is 1. The summed E-state index contributed by atoms with van der Waals surface area (Å²) in [4.78, 5) is 30.9. The number of aryl methyl sites for hydroxylation is 1. The van der Waals surface area contributed by atoms with Crippen LogP contribution < -0.4 is 10.8 Å². The molecule has 1 aromatic carbocycles. The van der Waals surface area contributed by atoms with Crippen molar-refractivity contribution in [2.45, 2.75) is 6.54 Å². The number of alkyl halides is 1. The zero-order valence-corrected chi connectivity index (χ0v) is 13.3. The second-order valence-corrected chi connectivity index (χ2v) is 4.93. The molecule has 0 radical (unpaired) electrons. The molecule has 0 aliphatic carbocycles. The van der Waals surface area contributed by atoms with Crippen molar-refractivity contribution in [1.82, 2.24) is 14.9 Å². The van der Waals surface area contributed by atoms with E-state index >= 15 is 0 Å². The van der Waals surface area contributed by atoms with Gasteiger partial charge < -0.3 is 4.57 Å². The van der Waals surface area contributed by atoms with Gasteiger partial charge in [0.15, 0.2) is 11.2 Å². The molecule has 0 atom stereocenters. The van der Waals surface area contributed by atoms with Gasteiger partial charge in [0.2, 0.25) is 6.41 Å². The van der Waals surface area contributed by atoms with Gasteiger partial charge in [-0.1, -0.05) is 0 Å². The fourth-order valence-corrected chi connectivity index (χ4v) is 2.46. The first kappa shape index (κ1) is 17.1. The Kier molecular flexibility index (Phi) is 5.25. The van der Waals surface area contributed by atoms with Crippen molar-refractivity contribution in [3.05, 3.63) is 34.4 Å². The summed E-state index contributed by atoms with van der Waals surface area (Å²) in [6.45, 7) is 0.297. The van der Waals surface area contributed by atoms with Gasteiger partial charge in [-0.15, -0.1) is 11.6 Å². The Morgan fingerprint density at radius 3 is 2.62 bits per heavy atom. The quantitative estimate of drug-likeness (QED) is 0.637. The van der Waals surface area contributed by atoms with E-state index in [0.717, 1.165) is 0 Å². The average molecular weight is 343 g/mol. The molecule has 2 amide bonds. The third-order valence-electron chi connectivity index (χ3n) is 3.27. The van der Waals surface area contributed by atoms with E-state index in [1.807, 2.05) is 17.5 Å². The van der Waals surface area contributed by atoms with Gasteiger partial charge in [-0.05, 0) is 12.1 Å². The van der Waals surface area contributed by atoms with Crippen LogP contribution in [0.2, 0.25) is 0 Å². The number of amides is 2. The number of nitriles is 2. The van der Waals surface area contributed by atoms with Crippen LogP contribution >= 0.6 is 11.6 Å². The summed E-state index contributed by atoms with van der Waals surface area (Å²) in [5.74, 6) is -0.498. The number of nitrogens with one attached hydrogen (secondary N) is 1. The second-order valence-electron chi connectivity index (χ2n) is 4.55. The molecule has 2 rings (SSSR count). The van der Waals surface area contributed by atoms with Gasteiger partial charge in [0.05, 0.1) is 22.2 Å². The molecule has 0 saturated heterocycles. The largest absolute Gasteiger partial charge is 0.322 e. The van der Waals surface area contributed by atoms with Crippen LogP contribution in [0.1, 0.15) is 21.6 Å². The molecule has 0 unspecified atom stereocenters. The van der Waals surface area contributed by atoms with Crippen LogP contribution in [0.5, 0.6) is 0 Å². The number of aromatic nitrogens is 2. The monoisotopic (exact) mass is 342 g/mol. The molecule has 0 bridgehead atoms. The Bertz CT molecular complexity index is 981. The number of hydrogen-bond acceptors (Lipinski definition) is 6. The van der Waals surface area contributed by atoms with Crippen molar-refractivity contribution in [2.24, 2.45) is 4.99 Å². The predicted molar refractivity (Wildman–Crippen MR) is 84.9 cm³/mol. The SMILES string of the molecule is CN=c1c(C(=O)NC=O)nc2cc(C#N)c(C#N)cc2n1CCCl. The fraction of sp³-hybridized carbons (Fsp3) is 0.200. The first-order valence-electron chi connectivity index (χ1n) is 6.73. The van der Waals surface area contributed by atoms with Gasteiger partial charge in [-0.2, -0.15) is 10.5 Å². The normalized spacial score (nSPS) is 10.9. The summed E-state index contributed by atoms with van der Waals surface area (Å²) in [6, 6.07) is 6.78. The molecule has 1 heterocycles. The maximum atomic E-state index is 12.1. The van der Waals surface area contributed by atoms with Gasteiger partial charge in [-0.25, -0.2) is 4.98 Å². The van der Waals surface area contributed by atoms with Crippen molar-refractivity contribution in [1.29, 1.82) is 10.5 Å². The minimum atomic E-state index is -0.723. The molecule has 24 heavy (non-hydrogen) atoms. The molecule has 2 aromatic rings. The molecule has 120 valence electrons. The number of benzene rings is 1. The van der Waals surface area contributed by atoms with E-state index in [-0.39, 0.29) is 34.6 Å². The second kappa shape index (κ2) is 7.36. The highest BCUT2D eigenvalue weighted by atomic mass is 35.5. The standard InChI is InChI=1S/C15H11ClN6O2/c1-19-14-13(15(24)20-8-23)21-11-4-9(6-17)10(7-18)5-12(11)22(14)3-2-16/h4-5,8H,2-3H2,1H3,(H,20,23,24). The van der Waals surface area contributed by atoms with Crippen molar-refractivity contribution in [2.75, 3.05) is 12.9 Å². The predicted octanol–water partition coefficient (Wildman–Crippen LogP) is 0.435. The van der Waals surface area contributed by atoms with E-state index < -0.39 is 5.91 Å². The van der Waals surface area contributed by atoms with Crippen LogP contribution in [0.3, 0.4) is 0 Å². The van der Waals surface area contributed by atoms with Crippen LogP contribution in [0.25, 0.3) is 11.0 Å². The highest BCUT2D eigenvalue weighted by molar-refractivity contribution is 6.17. The van der Waals surface area contributed by atoms with E-state index in [0.29, 0.717) is 17.6 Å². The van der Waals surface area contributed by atoms with Crippen LogP contribution in [0, 0.1) is 22.7 Å². The first-order valence-corrected chi connectivity index (χ1v) is 7.26. The lowest BCUT2D eigenvalue weighted by atomic mass is 10.1. The number of rotatable bonds is 4. The molecule has 0 fully saturated rings. The van der Waals surface area contributed by atoms with E-state index in [1.54, 1.807) is 4.57 Å². The van der Waals surface area contributed by atoms with Gasteiger partial charge >= 0.3 is 0 Å². The number of carbonyl (C=O) groups excluding carboxylic acids is 2. The molecule has 0 aliphatic heterocycles. The third-order valence-corrected chi connectivity index (χ3v) is 3.44. The average Bonchev–Trinajstić information content (AvgIpc) is 2.60. The summed E-state index contributed by atoms with van der Waals surface area (Å²) in [5, 5.41) is 20.3. The zero-order valence-electron chi connectivity index (χ0n) is 12.6. The van der Waals surface area contributed by atoms with Gasteiger partial charge in [0.25, 0.3) is 5.91 Å². The Labute approximate surface area is 141 Å². The molecule has 0 spiro atoms. The van der Waals surface area contributed by atoms with E-state index in [1.165, 1.54) is 19.2 Å². The van der Waals surface area contributed by atoms with Crippen molar-refractivity contribution in [3.8, 4) is 12.1 Å². The lowest BCUT2D eigenvalue weighted by Gasteiger charge is -2.13. The minimum Gasteiger partial charge on any atom is -0.322 e. The van der Waals surface area contributed by atoms with Crippen molar-refractivity contribution < 1.29 is 9.59 Å². The Hall–Kier alpha value is -3.23. The lowest BCUT2D eigenvalue weighted by molar-refractivity contribution is -0.108. The third kappa shape index (κ3) is 2.96. The Morgan fingerprint density at radius 1 is 1.42 bits per heavy atom. The summed E-state index contributed by atoms with van der Waals surface area (Å²) < 4.78 is 1.62. The lowest BCUT2D eigenvalue weighted by Crippen LogP contribution is -2.35. The van der Waals surface area contributed by atoms with Crippen LogP contribution in [-0.2, 0) is 11.3 Å². The van der Waals surface area contributed by atoms with Crippen LogP contribution in [0.15, 0.2) is 17.1 Å². The van der Waals surface area contributed by atoms with Crippen molar-refractivity contribution >= 4 is 35.0 Å². The summed E-state index contributed by atoms with van der Waals surface area (Å²) in [6.07, 6.45) is 0.249. The van der Waals surface area contributed by atoms with E-state index in [4.69, 9.17) is 16.9 Å². The molecule has 0 aliphatic rings.